The van der Waals surface area contributed by atoms with Gasteiger partial charge in [-0.1, -0.05) is 0 Å². The van der Waals surface area contributed by atoms with E-state index in [9.17, 15) is 4.79 Å². The van der Waals surface area contributed by atoms with Gasteiger partial charge in [-0.2, -0.15) is 0 Å². The molecule has 0 amide bonds. The second-order valence-corrected chi connectivity index (χ2v) is 6.61. The third kappa shape index (κ3) is 4.88. The maximum Gasteiger partial charge on any atom is 0.177 e. The largest absolute Gasteiger partial charge is 0.309 e. The highest BCUT2D eigenvalue weighted by Crippen LogP contribution is 2.21. The number of carbonyl (C=O) groups excluding carboxylic acids is 1. The minimum Gasteiger partial charge on any atom is -0.309 e. The number of hydrogen-bond acceptors (Lipinski definition) is 4. The molecule has 0 aliphatic rings. The van der Waals surface area contributed by atoms with Gasteiger partial charge in [-0.3, -0.25) is 9.69 Å². The van der Waals surface area contributed by atoms with Gasteiger partial charge in [0.15, 0.2) is 5.78 Å². The van der Waals surface area contributed by atoms with Gasteiger partial charge in [0.25, 0.3) is 0 Å². The third-order valence-electron chi connectivity index (χ3n) is 2.90. The quantitative estimate of drug-likeness (QED) is 0.710. The van der Waals surface area contributed by atoms with Crippen LogP contribution >= 0.6 is 11.3 Å². The summed E-state index contributed by atoms with van der Waals surface area (Å²) in [6, 6.07) is 2.01. The van der Waals surface area contributed by atoms with Crippen molar-refractivity contribution >= 4 is 17.1 Å². The molecule has 0 spiro atoms. The molecule has 0 atom stereocenters. The number of aryl methyl sites for hydroxylation is 2. The van der Waals surface area contributed by atoms with Crippen molar-refractivity contribution in [3.8, 4) is 0 Å². The molecular weight excluding hydrogens is 244 g/mol. The molecule has 1 heterocycles. The Hall–Kier alpha value is -0.710. The van der Waals surface area contributed by atoms with E-state index in [1.807, 2.05) is 20.0 Å². The van der Waals surface area contributed by atoms with E-state index < -0.39 is 0 Å². The summed E-state index contributed by atoms with van der Waals surface area (Å²) in [6.07, 6.45) is 1.10. The van der Waals surface area contributed by atoms with Gasteiger partial charge in [-0.05, 0) is 60.6 Å². The van der Waals surface area contributed by atoms with E-state index in [0.717, 1.165) is 30.0 Å². The summed E-state index contributed by atoms with van der Waals surface area (Å²) >= 11 is 1.70. The molecule has 3 nitrogen and oxygen atoms in total. The maximum atomic E-state index is 12.1. The molecule has 0 aliphatic heterocycles. The van der Waals surface area contributed by atoms with E-state index in [1.165, 1.54) is 4.88 Å². The fourth-order valence-corrected chi connectivity index (χ4v) is 2.92. The average Bonchev–Trinajstić information content (AvgIpc) is 2.57. The van der Waals surface area contributed by atoms with Crippen LogP contribution in [0.5, 0.6) is 0 Å². The monoisotopic (exact) mass is 268 g/mol. The van der Waals surface area contributed by atoms with Crippen LogP contribution in [0.3, 0.4) is 0 Å². The highest BCUT2D eigenvalue weighted by atomic mass is 32.1. The Kier molecular flexibility index (Phi) is 5.99. The molecule has 0 saturated carbocycles. The smallest absolute Gasteiger partial charge is 0.177 e. The van der Waals surface area contributed by atoms with Crippen LogP contribution in [0.2, 0.25) is 0 Å². The SMILES string of the molecule is Cc1cc(C(=O)CN(C)CCCN(C)C)c(C)s1. The van der Waals surface area contributed by atoms with Gasteiger partial charge >= 0.3 is 0 Å². The van der Waals surface area contributed by atoms with Crippen molar-refractivity contribution in [3.63, 3.8) is 0 Å². The van der Waals surface area contributed by atoms with E-state index in [-0.39, 0.29) is 5.78 Å². The molecule has 0 unspecified atom stereocenters. The molecular formula is C14H24N2OS. The number of thiophene rings is 1. The topological polar surface area (TPSA) is 23.6 Å². The molecule has 0 radical (unpaired) electrons. The zero-order chi connectivity index (χ0) is 13.7. The Labute approximate surface area is 114 Å². The third-order valence-corrected chi connectivity index (χ3v) is 3.87. The van der Waals surface area contributed by atoms with Crippen molar-refractivity contribution in [2.45, 2.75) is 20.3 Å². The van der Waals surface area contributed by atoms with Crippen molar-refractivity contribution in [2.75, 3.05) is 40.8 Å². The Morgan fingerprint density at radius 1 is 1.22 bits per heavy atom. The molecule has 102 valence electrons. The number of hydrogen-bond donors (Lipinski definition) is 0. The van der Waals surface area contributed by atoms with Gasteiger partial charge < -0.3 is 4.90 Å². The fraction of sp³-hybridized carbons (Fsp3) is 0.643. The van der Waals surface area contributed by atoms with Crippen molar-refractivity contribution in [2.24, 2.45) is 0 Å². The van der Waals surface area contributed by atoms with Gasteiger partial charge in [0.2, 0.25) is 0 Å². The van der Waals surface area contributed by atoms with E-state index in [1.54, 1.807) is 11.3 Å². The predicted octanol–water partition coefficient (Wildman–Crippen LogP) is 2.43. The molecule has 0 fully saturated rings. The Morgan fingerprint density at radius 3 is 2.39 bits per heavy atom. The second kappa shape index (κ2) is 7.02. The second-order valence-electron chi connectivity index (χ2n) is 5.14. The first-order valence-corrected chi connectivity index (χ1v) is 7.15. The van der Waals surface area contributed by atoms with Crippen LogP contribution in [0, 0.1) is 13.8 Å². The van der Waals surface area contributed by atoms with Crippen LogP contribution in [-0.2, 0) is 0 Å². The molecule has 0 bridgehead atoms. The van der Waals surface area contributed by atoms with Crippen LogP contribution in [0.4, 0.5) is 0 Å². The highest BCUT2D eigenvalue weighted by molar-refractivity contribution is 7.12. The minimum absolute atomic E-state index is 0.240. The first-order valence-electron chi connectivity index (χ1n) is 6.33. The number of Topliss-reactive ketones (excluding diaryl/α,β-unsaturated/α-hetero) is 1. The molecule has 18 heavy (non-hydrogen) atoms. The highest BCUT2D eigenvalue weighted by Gasteiger charge is 2.13. The number of ketones is 1. The van der Waals surface area contributed by atoms with E-state index in [0.29, 0.717) is 6.54 Å². The molecule has 1 aromatic rings. The normalized spacial score (nSPS) is 11.5. The molecule has 0 saturated heterocycles. The summed E-state index contributed by atoms with van der Waals surface area (Å²) < 4.78 is 0. The van der Waals surface area contributed by atoms with Crippen LogP contribution < -0.4 is 0 Å². The molecule has 4 heteroatoms. The lowest BCUT2D eigenvalue weighted by atomic mass is 10.1. The number of rotatable bonds is 7. The van der Waals surface area contributed by atoms with E-state index in [4.69, 9.17) is 0 Å². The maximum absolute atomic E-state index is 12.1. The fourth-order valence-electron chi connectivity index (χ4n) is 1.97. The van der Waals surface area contributed by atoms with Gasteiger partial charge in [-0.15, -0.1) is 11.3 Å². The van der Waals surface area contributed by atoms with Crippen molar-refractivity contribution < 1.29 is 4.79 Å². The first kappa shape index (κ1) is 15.3. The van der Waals surface area contributed by atoms with Crippen LogP contribution in [0.25, 0.3) is 0 Å². The molecule has 0 aromatic carbocycles. The number of nitrogens with zero attached hydrogens (tertiary/aromatic N) is 2. The van der Waals surface area contributed by atoms with Gasteiger partial charge in [-0.25, -0.2) is 0 Å². The predicted molar refractivity (Wildman–Crippen MR) is 78.8 cm³/mol. The summed E-state index contributed by atoms with van der Waals surface area (Å²) in [6.45, 7) is 6.62. The zero-order valence-corrected chi connectivity index (χ0v) is 12.9. The summed E-state index contributed by atoms with van der Waals surface area (Å²) in [5.41, 5.74) is 0.900. The lowest BCUT2D eigenvalue weighted by molar-refractivity contribution is 0.0944. The van der Waals surface area contributed by atoms with E-state index >= 15 is 0 Å². The Balaban J connectivity index is 2.42. The van der Waals surface area contributed by atoms with Crippen LogP contribution in [-0.4, -0.2) is 56.4 Å². The molecule has 0 N–H and O–H groups in total. The Morgan fingerprint density at radius 2 is 1.89 bits per heavy atom. The zero-order valence-electron chi connectivity index (χ0n) is 12.1. The minimum atomic E-state index is 0.240. The number of likely N-dealkylation sites (N-methyl/N-ethyl adjacent to an activating group) is 1. The van der Waals surface area contributed by atoms with Gasteiger partial charge in [0, 0.05) is 15.3 Å². The average molecular weight is 268 g/mol. The van der Waals surface area contributed by atoms with Crippen molar-refractivity contribution in [1.82, 2.24) is 9.80 Å². The summed E-state index contributed by atoms with van der Waals surface area (Å²) in [4.78, 5) is 18.8. The van der Waals surface area contributed by atoms with Crippen molar-refractivity contribution in [3.05, 3.63) is 21.4 Å². The van der Waals surface area contributed by atoms with E-state index in [2.05, 4.69) is 30.8 Å². The number of carbonyl (C=O) groups is 1. The summed E-state index contributed by atoms with van der Waals surface area (Å²) in [7, 11) is 6.16. The Bertz CT molecular complexity index is 398. The lowest BCUT2D eigenvalue weighted by Gasteiger charge is -2.17. The molecule has 1 rings (SSSR count). The van der Waals surface area contributed by atoms with Gasteiger partial charge in [0.1, 0.15) is 0 Å². The molecule has 1 aromatic heterocycles. The summed E-state index contributed by atoms with van der Waals surface area (Å²) in [5.74, 6) is 0.240. The van der Waals surface area contributed by atoms with Crippen molar-refractivity contribution in [1.29, 1.82) is 0 Å². The standard InChI is InChI=1S/C14H24N2OS/c1-11-9-13(12(2)18-11)14(17)10-16(5)8-6-7-15(3)4/h9H,6-8,10H2,1-5H3. The van der Waals surface area contributed by atoms with Gasteiger partial charge in [0.05, 0.1) is 6.54 Å². The lowest BCUT2D eigenvalue weighted by Crippen LogP contribution is -2.29. The first-order chi connectivity index (χ1) is 8.40. The van der Waals surface area contributed by atoms with Crippen LogP contribution in [0.15, 0.2) is 6.07 Å². The molecule has 0 aliphatic carbocycles. The van der Waals surface area contributed by atoms with Crippen LogP contribution in [0.1, 0.15) is 26.5 Å². The summed E-state index contributed by atoms with van der Waals surface area (Å²) in [5, 5.41) is 0.